The Labute approximate surface area is 125 Å². The molecule has 4 N–H and O–H groups in total. The number of anilines is 2. The van der Waals surface area contributed by atoms with Gasteiger partial charge < -0.3 is 16.2 Å². The molecule has 2 aromatic rings. The predicted octanol–water partition coefficient (Wildman–Crippen LogP) is 2.50. The molecule has 112 valence electrons. The van der Waals surface area contributed by atoms with E-state index in [0.29, 0.717) is 17.5 Å². The topological polar surface area (TPSA) is 84.1 Å². The molecule has 5 nitrogen and oxygen atoms in total. The maximum Gasteiger partial charge on any atom is 0.138 e. The molecular formula is C16H22N4O. The number of aliphatic hydroxyl groups excluding tert-OH is 1. The van der Waals surface area contributed by atoms with E-state index < -0.39 is 0 Å². The second kappa shape index (κ2) is 6.10. The summed E-state index contributed by atoms with van der Waals surface area (Å²) in [5.74, 6) is 1.72. The fraction of sp³-hybridized carbons (Fsp3) is 0.375. The summed E-state index contributed by atoms with van der Waals surface area (Å²) in [6, 6.07) is 11.2. The molecule has 0 amide bonds. The summed E-state index contributed by atoms with van der Waals surface area (Å²) in [5.41, 5.74) is 6.67. The largest absolute Gasteiger partial charge is 0.394 e. The van der Waals surface area contributed by atoms with E-state index in [1.807, 2.05) is 51.1 Å². The summed E-state index contributed by atoms with van der Waals surface area (Å²) >= 11 is 0. The molecule has 1 heterocycles. The van der Waals surface area contributed by atoms with E-state index in [1.54, 1.807) is 6.07 Å². The van der Waals surface area contributed by atoms with Crippen LogP contribution in [0.2, 0.25) is 0 Å². The number of hydrogen-bond acceptors (Lipinski definition) is 5. The van der Waals surface area contributed by atoms with E-state index >= 15 is 0 Å². The Morgan fingerprint density at radius 2 is 1.86 bits per heavy atom. The predicted molar refractivity (Wildman–Crippen MR) is 85.0 cm³/mol. The Kier molecular flexibility index (Phi) is 4.43. The lowest BCUT2D eigenvalue weighted by Crippen LogP contribution is -2.20. The Balaban J connectivity index is 2.28. The molecule has 0 aliphatic rings. The van der Waals surface area contributed by atoms with Crippen molar-refractivity contribution in [1.82, 2.24) is 9.97 Å². The molecule has 0 fully saturated rings. The van der Waals surface area contributed by atoms with Gasteiger partial charge >= 0.3 is 0 Å². The van der Waals surface area contributed by atoms with Crippen molar-refractivity contribution in [1.29, 1.82) is 0 Å². The molecule has 5 heteroatoms. The number of nitrogen functional groups attached to an aromatic ring is 1. The van der Waals surface area contributed by atoms with Gasteiger partial charge in [-0.2, -0.15) is 0 Å². The van der Waals surface area contributed by atoms with Gasteiger partial charge in [0, 0.05) is 11.5 Å². The van der Waals surface area contributed by atoms with Crippen molar-refractivity contribution in [3.8, 4) is 0 Å². The highest BCUT2D eigenvalue weighted by atomic mass is 16.3. The van der Waals surface area contributed by atoms with Crippen LogP contribution >= 0.6 is 0 Å². The third-order valence-corrected chi connectivity index (χ3v) is 3.12. The second-order valence-electron chi connectivity index (χ2n) is 6.04. The minimum Gasteiger partial charge on any atom is -0.394 e. The Morgan fingerprint density at radius 3 is 2.43 bits per heavy atom. The van der Waals surface area contributed by atoms with Crippen LogP contribution in [0.3, 0.4) is 0 Å². The SMILES string of the molecule is CC(C)(C)c1nc(N)cc(NC(CO)c2ccccc2)n1. The highest BCUT2D eigenvalue weighted by Gasteiger charge is 2.19. The Bertz CT molecular complexity index is 593. The van der Waals surface area contributed by atoms with Crippen LogP contribution in [0.5, 0.6) is 0 Å². The highest BCUT2D eigenvalue weighted by molar-refractivity contribution is 5.47. The maximum absolute atomic E-state index is 9.60. The van der Waals surface area contributed by atoms with Crippen LogP contribution in [0.1, 0.15) is 38.2 Å². The first-order valence-corrected chi connectivity index (χ1v) is 6.97. The van der Waals surface area contributed by atoms with Gasteiger partial charge in [0.25, 0.3) is 0 Å². The van der Waals surface area contributed by atoms with Gasteiger partial charge in [-0.15, -0.1) is 0 Å². The lowest BCUT2D eigenvalue weighted by atomic mass is 9.96. The van der Waals surface area contributed by atoms with Crippen LogP contribution in [-0.4, -0.2) is 21.7 Å². The Hall–Kier alpha value is -2.14. The second-order valence-corrected chi connectivity index (χ2v) is 6.04. The molecular weight excluding hydrogens is 264 g/mol. The van der Waals surface area contributed by atoms with Crippen molar-refractivity contribution >= 4 is 11.6 Å². The zero-order valence-electron chi connectivity index (χ0n) is 12.7. The van der Waals surface area contributed by atoms with Crippen LogP contribution < -0.4 is 11.1 Å². The van der Waals surface area contributed by atoms with Crippen molar-refractivity contribution in [2.45, 2.75) is 32.2 Å². The standard InChI is InChI=1S/C16H22N4O/c1-16(2,3)15-19-13(17)9-14(20-15)18-12(10-21)11-7-5-4-6-8-11/h4-9,12,21H,10H2,1-3H3,(H3,17,18,19,20). The minimum atomic E-state index is -0.228. The van der Waals surface area contributed by atoms with Crippen LogP contribution in [0.4, 0.5) is 11.6 Å². The normalized spacial score (nSPS) is 13.0. The molecule has 0 spiro atoms. The number of aliphatic hydroxyl groups is 1. The third kappa shape index (κ3) is 3.92. The van der Waals surface area contributed by atoms with E-state index in [-0.39, 0.29) is 18.1 Å². The number of rotatable bonds is 4. The van der Waals surface area contributed by atoms with Gasteiger partial charge in [-0.05, 0) is 5.56 Å². The van der Waals surface area contributed by atoms with Crippen molar-refractivity contribution in [3.63, 3.8) is 0 Å². The van der Waals surface area contributed by atoms with Crippen LogP contribution in [-0.2, 0) is 5.41 Å². The van der Waals surface area contributed by atoms with E-state index in [9.17, 15) is 5.11 Å². The van der Waals surface area contributed by atoms with E-state index in [1.165, 1.54) is 0 Å². The molecule has 1 aromatic heterocycles. The molecule has 0 saturated carbocycles. The number of aromatic nitrogens is 2. The van der Waals surface area contributed by atoms with Gasteiger partial charge in [0.1, 0.15) is 17.5 Å². The van der Waals surface area contributed by atoms with Gasteiger partial charge in [0.2, 0.25) is 0 Å². The summed E-state index contributed by atoms with van der Waals surface area (Å²) in [6.07, 6.45) is 0. The molecule has 0 radical (unpaired) electrons. The van der Waals surface area contributed by atoms with Gasteiger partial charge in [-0.3, -0.25) is 0 Å². The third-order valence-electron chi connectivity index (χ3n) is 3.12. The maximum atomic E-state index is 9.60. The number of benzene rings is 1. The summed E-state index contributed by atoms with van der Waals surface area (Å²) in [6.45, 7) is 6.07. The summed E-state index contributed by atoms with van der Waals surface area (Å²) in [4.78, 5) is 8.78. The molecule has 1 aromatic carbocycles. The molecule has 0 aliphatic carbocycles. The first-order valence-electron chi connectivity index (χ1n) is 6.97. The van der Waals surface area contributed by atoms with E-state index in [4.69, 9.17) is 5.73 Å². The van der Waals surface area contributed by atoms with Gasteiger partial charge in [-0.1, -0.05) is 51.1 Å². The number of hydrogen-bond donors (Lipinski definition) is 3. The van der Waals surface area contributed by atoms with Crippen LogP contribution in [0, 0.1) is 0 Å². The van der Waals surface area contributed by atoms with Gasteiger partial charge in [0.15, 0.2) is 0 Å². The van der Waals surface area contributed by atoms with Crippen molar-refractivity contribution in [2.24, 2.45) is 0 Å². The zero-order chi connectivity index (χ0) is 15.5. The number of nitrogens with zero attached hydrogens (tertiary/aromatic N) is 2. The van der Waals surface area contributed by atoms with Gasteiger partial charge in [-0.25, -0.2) is 9.97 Å². The average molecular weight is 286 g/mol. The fourth-order valence-corrected chi connectivity index (χ4v) is 1.97. The first kappa shape index (κ1) is 15.3. The molecule has 21 heavy (non-hydrogen) atoms. The van der Waals surface area contributed by atoms with Crippen LogP contribution in [0.15, 0.2) is 36.4 Å². The fourth-order valence-electron chi connectivity index (χ4n) is 1.97. The lowest BCUT2D eigenvalue weighted by molar-refractivity contribution is 0.276. The minimum absolute atomic E-state index is 0.0290. The highest BCUT2D eigenvalue weighted by Crippen LogP contribution is 2.23. The molecule has 0 saturated heterocycles. The number of nitrogens with two attached hydrogens (primary N) is 1. The zero-order valence-corrected chi connectivity index (χ0v) is 12.7. The quantitative estimate of drug-likeness (QED) is 0.804. The van der Waals surface area contributed by atoms with Crippen molar-refractivity contribution in [2.75, 3.05) is 17.7 Å². The summed E-state index contributed by atoms with van der Waals surface area (Å²) in [5, 5.41) is 12.8. The molecule has 0 aliphatic heterocycles. The Morgan fingerprint density at radius 1 is 1.19 bits per heavy atom. The molecule has 1 atom stereocenters. The smallest absolute Gasteiger partial charge is 0.138 e. The monoisotopic (exact) mass is 286 g/mol. The van der Waals surface area contributed by atoms with E-state index in [0.717, 1.165) is 5.56 Å². The molecule has 0 bridgehead atoms. The molecule has 2 rings (SSSR count). The van der Waals surface area contributed by atoms with Crippen LogP contribution in [0.25, 0.3) is 0 Å². The van der Waals surface area contributed by atoms with Crippen molar-refractivity contribution < 1.29 is 5.11 Å². The van der Waals surface area contributed by atoms with Gasteiger partial charge in [0.05, 0.1) is 12.6 Å². The average Bonchev–Trinajstić information content (AvgIpc) is 2.44. The number of nitrogens with one attached hydrogen (secondary N) is 1. The first-order chi connectivity index (χ1) is 9.90. The molecule has 1 unspecified atom stereocenters. The van der Waals surface area contributed by atoms with Crippen molar-refractivity contribution in [3.05, 3.63) is 47.8 Å². The summed E-state index contributed by atoms with van der Waals surface area (Å²) in [7, 11) is 0. The lowest BCUT2D eigenvalue weighted by Gasteiger charge is -2.21. The van der Waals surface area contributed by atoms with E-state index in [2.05, 4.69) is 15.3 Å². The summed E-state index contributed by atoms with van der Waals surface area (Å²) < 4.78 is 0.